The summed E-state index contributed by atoms with van der Waals surface area (Å²) in [6.45, 7) is 9.13. The van der Waals surface area contributed by atoms with Crippen LogP contribution < -0.4 is 0 Å². The Bertz CT molecular complexity index is 883. The van der Waals surface area contributed by atoms with Gasteiger partial charge in [0.1, 0.15) is 0 Å². The van der Waals surface area contributed by atoms with Crippen LogP contribution in [0.1, 0.15) is 91.7 Å². The molecule has 142 valence electrons. The summed E-state index contributed by atoms with van der Waals surface area (Å²) < 4.78 is 0. The lowest BCUT2D eigenvalue weighted by Crippen LogP contribution is -2.28. The van der Waals surface area contributed by atoms with E-state index in [1.807, 2.05) is 0 Å². The van der Waals surface area contributed by atoms with Crippen molar-refractivity contribution in [3.05, 3.63) is 63.7 Å². The van der Waals surface area contributed by atoms with Crippen molar-refractivity contribution < 1.29 is 0 Å². The number of hydrogen-bond donors (Lipinski definition) is 0. The molecular formula is C27H34. The summed E-state index contributed by atoms with van der Waals surface area (Å²) in [5.41, 5.74) is 12.3. The molecular weight excluding hydrogens is 324 g/mol. The highest BCUT2D eigenvalue weighted by molar-refractivity contribution is 5.88. The fraction of sp³-hybridized carbons (Fsp3) is 0.481. The molecule has 0 heteroatoms. The number of hydrogen-bond acceptors (Lipinski definition) is 0. The van der Waals surface area contributed by atoms with Gasteiger partial charge in [-0.2, -0.15) is 0 Å². The van der Waals surface area contributed by atoms with E-state index in [1.54, 1.807) is 11.1 Å². The Labute approximate surface area is 165 Å². The first kappa shape index (κ1) is 18.5. The largest absolute Gasteiger partial charge is 0.0827 e. The van der Waals surface area contributed by atoms with E-state index in [4.69, 9.17) is 0 Å². The van der Waals surface area contributed by atoms with E-state index in [9.17, 15) is 0 Å². The first-order chi connectivity index (χ1) is 13.1. The number of rotatable bonds is 7. The van der Waals surface area contributed by atoms with Crippen molar-refractivity contribution in [2.24, 2.45) is 0 Å². The van der Waals surface area contributed by atoms with Gasteiger partial charge in [-0.3, -0.25) is 0 Å². The summed E-state index contributed by atoms with van der Waals surface area (Å²) in [5.74, 6) is 0. The molecule has 0 bridgehead atoms. The minimum atomic E-state index is 0.212. The average molecular weight is 359 g/mol. The van der Waals surface area contributed by atoms with E-state index in [2.05, 4.69) is 64.1 Å². The summed E-state index contributed by atoms with van der Waals surface area (Å²) in [6, 6.07) is 9.63. The molecule has 2 aromatic rings. The lowest BCUT2D eigenvalue weighted by molar-refractivity contribution is 0.447. The Hall–Kier alpha value is -1.82. The Balaban J connectivity index is 1.75. The van der Waals surface area contributed by atoms with Crippen LogP contribution in [0.15, 0.2) is 30.3 Å². The van der Waals surface area contributed by atoms with E-state index in [-0.39, 0.29) is 5.41 Å². The van der Waals surface area contributed by atoms with Crippen LogP contribution in [0.4, 0.5) is 0 Å². The quantitative estimate of drug-likeness (QED) is 0.439. The van der Waals surface area contributed by atoms with Gasteiger partial charge in [-0.05, 0) is 72.6 Å². The summed E-state index contributed by atoms with van der Waals surface area (Å²) in [5, 5.41) is 0. The highest BCUT2D eigenvalue weighted by Gasteiger charge is 2.45. The van der Waals surface area contributed by atoms with Crippen LogP contribution in [-0.2, 0) is 5.41 Å². The van der Waals surface area contributed by atoms with Crippen molar-refractivity contribution in [2.75, 3.05) is 0 Å². The Kier molecular flexibility index (Phi) is 5.01. The predicted molar refractivity (Wildman–Crippen MR) is 119 cm³/mol. The van der Waals surface area contributed by atoms with E-state index in [0.717, 1.165) is 0 Å². The zero-order chi connectivity index (χ0) is 19.0. The van der Waals surface area contributed by atoms with E-state index < -0.39 is 0 Å². The van der Waals surface area contributed by atoms with Gasteiger partial charge in [-0.1, -0.05) is 87.4 Å². The van der Waals surface area contributed by atoms with Crippen molar-refractivity contribution in [2.45, 2.75) is 84.5 Å². The lowest BCUT2D eigenvalue weighted by atomic mass is 9.67. The maximum atomic E-state index is 2.49. The summed E-state index contributed by atoms with van der Waals surface area (Å²) in [4.78, 5) is 0. The summed E-state index contributed by atoms with van der Waals surface area (Å²) in [6.07, 6.45) is 15.6. The zero-order valence-corrected chi connectivity index (χ0v) is 17.6. The molecule has 1 unspecified atom stereocenters. The molecule has 0 fully saturated rings. The van der Waals surface area contributed by atoms with Gasteiger partial charge < -0.3 is 0 Å². The third-order valence-corrected chi connectivity index (χ3v) is 7.06. The molecule has 0 aromatic heterocycles. The predicted octanol–water partition coefficient (Wildman–Crippen LogP) is 8.05. The second kappa shape index (κ2) is 7.30. The van der Waals surface area contributed by atoms with Gasteiger partial charge in [0.05, 0.1) is 0 Å². The minimum Gasteiger partial charge on any atom is -0.0827 e. The van der Waals surface area contributed by atoms with Crippen molar-refractivity contribution in [3.8, 4) is 11.1 Å². The maximum Gasteiger partial charge on any atom is 0.0255 e. The van der Waals surface area contributed by atoms with Gasteiger partial charge in [0.25, 0.3) is 0 Å². The second-order valence-electron chi connectivity index (χ2n) is 8.91. The molecule has 0 N–H and O–H groups in total. The zero-order valence-electron chi connectivity index (χ0n) is 17.6. The van der Waals surface area contributed by atoms with Crippen LogP contribution in [0.25, 0.3) is 17.2 Å². The fourth-order valence-electron chi connectivity index (χ4n) is 5.46. The van der Waals surface area contributed by atoms with Gasteiger partial charge in [0.15, 0.2) is 0 Å². The van der Waals surface area contributed by atoms with Crippen LogP contribution in [-0.4, -0.2) is 0 Å². The molecule has 0 spiro atoms. The van der Waals surface area contributed by atoms with E-state index >= 15 is 0 Å². The molecule has 0 saturated heterocycles. The minimum absolute atomic E-state index is 0.212. The molecule has 1 atom stereocenters. The standard InChI is InChI=1S/C27H34/c1-5-6-7-8-9-10-15-27-16-11-12-22-21(4)20(3)18-24(26(22)27)23-14-13-19(2)17-25(23)27/h11-14,17-18H,5-10,15-16H2,1-4H3. The highest BCUT2D eigenvalue weighted by Crippen LogP contribution is 2.57. The normalized spacial score (nSPS) is 19.3. The molecule has 0 nitrogen and oxygen atoms in total. The van der Waals surface area contributed by atoms with Crippen molar-refractivity contribution in [1.82, 2.24) is 0 Å². The first-order valence-electron chi connectivity index (χ1n) is 11.0. The second-order valence-corrected chi connectivity index (χ2v) is 8.91. The molecule has 4 rings (SSSR count). The highest BCUT2D eigenvalue weighted by atomic mass is 14.5. The SMILES string of the molecule is CCCCCCCCC12CC=Cc3c(C)c(C)cc(c31)-c1ccc(C)cc12. The Morgan fingerprint density at radius 2 is 1.67 bits per heavy atom. The molecule has 0 radical (unpaired) electrons. The number of benzene rings is 2. The first-order valence-corrected chi connectivity index (χ1v) is 11.0. The number of unbranched alkanes of at least 4 members (excludes halogenated alkanes) is 5. The molecule has 2 aliphatic carbocycles. The van der Waals surface area contributed by atoms with Gasteiger partial charge in [-0.15, -0.1) is 0 Å². The molecule has 27 heavy (non-hydrogen) atoms. The smallest absolute Gasteiger partial charge is 0.0255 e. The molecule has 2 aliphatic rings. The van der Waals surface area contributed by atoms with Crippen LogP contribution in [0.3, 0.4) is 0 Å². The van der Waals surface area contributed by atoms with Gasteiger partial charge in [0.2, 0.25) is 0 Å². The summed E-state index contributed by atoms with van der Waals surface area (Å²) >= 11 is 0. The van der Waals surface area contributed by atoms with Crippen LogP contribution >= 0.6 is 0 Å². The average Bonchev–Trinajstić information content (AvgIpc) is 2.93. The molecule has 0 aliphatic heterocycles. The van der Waals surface area contributed by atoms with Crippen LogP contribution in [0.5, 0.6) is 0 Å². The van der Waals surface area contributed by atoms with Gasteiger partial charge in [0, 0.05) is 5.41 Å². The number of allylic oxidation sites excluding steroid dienone is 1. The molecule has 0 amide bonds. The maximum absolute atomic E-state index is 2.49. The van der Waals surface area contributed by atoms with Gasteiger partial charge in [-0.25, -0.2) is 0 Å². The molecule has 0 saturated carbocycles. The van der Waals surface area contributed by atoms with Crippen molar-refractivity contribution in [3.63, 3.8) is 0 Å². The Morgan fingerprint density at radius 1 is 0.889 bits per heavy atom. The van der Waals surface area contributed by atoms with E-state index in [1.165, 1.54) is 84.7 Å². The fourth-order valence-corrected chi connectivity index (χ4v) is 5.46. The Morgan fingerprint density at radius 3 is 2.48 bits per heavy atom. The van der Waals surface area contributed by atoms with Crippen LogP contribution in [0, 0.1) is 20.8 Å². The third-order valence-electron chi connectivity index (χ3n) is 7.06. The van der Waals surface area contributed by atoms with E-state index in [0.29, 0.717) is 0 Å². The monoisotopic (exact) mass is 358 g/mol. The van der Waals surface area contributed by atoms with Crippen molar-refractivity contribution >= 4 is 6.08 Å². The molecule has 0 heterocycles. The third kappa shape index (κ3) is 2.98. The number of aryl methyl sites for hydroxylation is 2. The summed E-state index contributed by atoms with van der Waals surface area (Å²) in [7, 11) is 0. The number of fused-ring (bicyclic) bond motifs is 3. The van der Waals surface area contributed by atoms with Crippen molar-refractivity contribution in [1.29, 1.82) is 0 Å². The van der Waals surface area contributed by atoms with Crippen LogP contribution in [0.2, 0.25) is 0 Å². The topological polar surface area (TPSA) is 0 Å². The lowest BCUT2D eigenvalue weighted by Gasteiger charge is -2.36. The van der Waals surface area contributed by atoms with Gasteiger partial charge >= 0.3 is 0 Å². The molecule has 2 aromatic carbocycles.